The van der Waals surface area contributed by atoms with Crippen LogP contribution >= 0.6 is 0 Å². The Morgan fingerprint density at radius 3 is 2.38 bits per heavy atom. The molecule has 2 saturated heterocycles. The molecule has 0 saturated carbocycles. The minimum atomic E-state index is -4.88. The van der Waals surface area contributed by atoms with Gasteiger partial charge in [0.1, 0.15) is 0 Å². The van der Waals surface area contributed by atoms with E-state index in [0.717, 1.165) is 30.7 Å². The van der Waals surface area contributed by atoms with Gasteiger partial charge in [-0.25, -0.2) is 8.42 Å². The second-order valence-electron chi connectivity index (χ2n) is 7.45. The van der Waals surface area contributed by atoms with E-state index < -0.39 is 26.4 Å². The average molecular weight is 467 g/mol. The van der Waals surface area contributed by atoms with Gasteiger partial charge >= 0.3 is 5.76 Å². The molecule has 0 spiro atoms. The Morgan fingerprint density at radius 2 is 1.69 bits per heavy atom. The molecule has 12 heteroatoms. The molecule has 9 nitrogen and oxygen atoms in total. The Kier molecular flexibility index (Phi) is 6.51. The average Bonchev–Trinajstić information content (AvgIpc) is 2.84. The van der Waals surface area contributed by atoms with E-state index in [4.69, 9.17) is 4.74 Å². The summed E-state index contributed by atoms with van der Waals surface area (Å²) in [6.45, 7) is 4.36. The van der Waals surface area contributed by atoms with Crippen LogP contribution in [0.25, 0.3) is 0 Å². The zero-order valence-electron chi connectivity index (χ0n) is 17.2. The molecule has 172 valence electrons. The highest BCUT2D eigenvalue weighted by Gasteiger charge is 2.33. The third-order valence-electron chi connectivity index (χ3n) is 5.55. The van der Waals surface area contributed by atoms with Crippen molar-refractivity contribution in [2.24, 2.45) is 0 Å². The van der Waals surface area contributed by atoms with Gasteiger partial charge in [0.15, 0.2) is 5.82 Å². The van der Waals surface area contributed by atoms with Crippen LogP contribution in [0.1, 0.15) is 10.4 Å². The van der Waals surface area contributed by atoms with Crippen molar-refractivity contribution < 1.29 is 26.7 Å². The summed E-state index contributed by atoms with van der Waals surface area (Å²) in [6, 6.07) is 7.04. The predicted molar refractivity (Wildman–Crippen MR) is 113 cm³/mol. The molecule has 0 bridgehead atoms. The molecule has 2 aliphatic rings. The number of amides is 1. The quantitative estimate of drug-likeness (QED) is 0.649. The van der Waals surface area contributed by atoms with Crippen molar-refractivity contribution in [1.82, 2.24) is 15.1 Å². The van der Waals surface area contributed by atoms with E-state index in [1.165, 1.54) is 23.1 Å². The first-order chi connectivity index (χ1) is 15.4. The Balaban J connectivity index is 1.45. The van der Waals surface area contributed by atoms with E-state index in [1.807, 2.05) is 6.07 Å². The fourth-order valence-electron chi connectivity index (χ4n) is 3.79. The number of alkyl halides is 2. The lowest BCUT2D eigenvalue weighted by atomic mass is 10.1. The monoisotopic (exact) mass is 467 g/mol. The molecule has 0 unspecified atom stereocenters. The van der Waals surface area contributed by atoms with Crippen molar-refractivity contribution in [2.45, 2.75) is 10.7 Å². The first-order valence-electron chi connectivity index (χ1n) is 10.2. The zero-order chi connectivity index (χ0) is 22.7. The second kappa shape index (κ2) is 9.33. The predicted octanol–water partition coefficient (Wildman–Crippen LogP) is 1.27. The molecule has 0 radical (unpaired) electrons. The van der Waals surface area contributed by atoms with Crippen LogP contribution in [-0.2, 0) is 14.6 Å². The summed E-state index contributed by atoms with van der Waals surface area (Å²) >= 11 is 0. The summed E-state index contributed by atoms with van der Waals surface area (Å²) in [5.74, 6) is -3.41. The summed E-state index contributed by atoms with van der Waals surface area (Å²) < 4.78 is 55.4. The van der Waals surface area contributed by atoms with Crippen LogP contribution in [-0.4, -0.2) is 87.7 Å². The molecule has 2 fully saturated rings. The smallest absolute Gasteiger partial charge is 0.341 e. The van der Waals surface area contributed by atoms with E-state index in [0.29, 0.717) is 39.4 Å². The molecular weight excluding hydrogens is 444 g/mol. The SMILES string of the molecule is O=C(c1ccccc1S(=O)(=O)C(F)F)N1CCN(c2cnnc(N3CCOCC3)c2)CC1. The van der Waals surface area contributed by atoms with E-state index >= 15 is 0 Å². The summed E-state index contributed by atoms with van der Waals surface area (Å²) in [7, 11) is -4.88. The number of sulfone groups is 1. The Bertz CT molecular complexity index is 1070. The molecule has 0 aliphatic carbocycles. The topological polar surface area (TPSA) is 95.9 Å². The van der Waals surface area contributed by atoms with E-state index in [9.17, 15) is 22.0 Å². The third kappa shape index (κ3) is 4.51. The number of nitrogens with zero attached hydrogens (tertiary/aromatic N) is 5. The van der Waals surface area contributed by atoms with Crippen LogP contribution in [0.3, 0.4) is 0 Å². The minimum Gasteiger partial charge on any atom is -0.378 e. The minimum absolute atomic E-state index is 0.235. The van der Waals surface area contributed by atoms with Crippen molar-refractivity contribution in [1.29, 1.82) is 0 Å². The first kappa shape index (κ1) is 22.3. The van der Waals surface area contributed by atoms with Crippen molar-refractivity contribution in [3.8, 4) is 0 Å². The number of rotatable bonds is 5. The zero-order valence-corrected chi connectivity index (χ0v) is 18.0. The number of hydrogen-bond donors (Lipinski definition) is 0. The molecule has 1 amide bonds. The molecule has 3 heterocycles. The van der Waals surface area contributed by atoms with E-state index in [-0.39, 0.29) is 5.56 Å². The highest BCUT2D eigenvalue weighted by Crippen LogP contribution is 2.25. The van der Waals surface area contributed by atoms with Crippen LogP contribution in [0.2, 0.25) is 0 Å². The van der Waals surface area contributed by atoms with Crippen LogP contribution < -0.4 is 9.80 Å². The summed E-state index contributed by atoms with van der Waals surface area (Å²) in [5.41, 5.74) is 0.635. The van der Waals surface area contributed by atoms with E-state index in [2.05, 4.69) is 20.0 Å². The largest absolute Gasteiger partial charge is 0.378 e. The lowest BCUT2D eigenvalue weighted by molar-refractivity contribution is 0.0742. The fourth-order valence-corrected chi connectivity index (χ4v) is 4.71. The number of piperazine rings is 1. The van der Waals surface area contributed by atoms with Gasteiger partial charge in [0, 0.05) is 45.3 Å². The maximum Gasteiger partial charge on any atom is 0.341 e. The van der Waals surface area contributed by atoms with Gasteiger partial charge in [0.05, 0.1) is 35.6 Å². The summed E-state index contributed by atoms with van der Waals surface area (Å²) in [4.78, 5) is 17.9. The molecule has 1 aromatic carbocycles. The van der Waals surface area contributed by atoms with Crippen LogP contribution in [0.4, 0.5) is 20.3 Å². The molecule has 1 aromatic heterocycles. The number of benzene rings is 1. The molecule has 2 aliphatic heterocycles. The Morgan fingerprint density at radius 1 is 1.00 bits per heavy atom. The van der Waals surface area contributed by atoms with Gasteiger partial charge in [-0.1, -0.05) is 12.1 Å². The molecule has 32 heavy (non-hydrogen) atoms. The fraction of sp³-hybridized carbons (Fsp3) is 0.450. The molecule has 4 rings (SSSR count). The maximum atomic E-state index is 13.0. The first-order valence-corrected chi connectivity index (χ1v) is 11.7. The summed E-state index contributed by atoms with van der Waals surface area (Å²) in [5, 5.41) is 8.30. The normalized spacial score (nSPS) is 17.7. The number of aromatic nitrogens is 2. The number of carbonyl (C=O) groups excluding carboxylic acids is 1. The third-order valence-corrected chi connectivity index (χ3v) is 6.99. The Hall–Kier alpha value is -2.86. The standard InChI is InChI=1S/C20H23F2N5O4S/c21-20(22)32(29,30)17-4-2-1-3-16(17)19(28)27-7-5-25(6-8-27)15-13-18(24-23-14-15)26-9-11-31-12-10-26/h1-4,13-14,20H,5-12H2. The molecule has 0 atom stereocenters. The van der Waals surface area contributed by atoms with Crippen molar-refractivity contribution in [3.63, 3.8) is 0 Å². The number of hydrogen-bond acceptors (Lipinski definition) is 8. The van der Waals surface area contributed by atoms with Crippen molar-refractivity contribution in [3.05, 3.63) is 42.1 Å². The summed E-state index contributed by atoms with van der Waals surface area (Å²) in [6.07, 6.45) is 1.66. The van der Waals surface area contributed by atoms with Gasteiger partial charge < -0.3 is 19.4 Å². The lowest BCUT2D eigenvalue weighted by Crippen LogP contribution is -2.49. The van der Waals surface area contributed by atoms with Crippen LogP contribution in [0.15, 0.2) is 41.4 Å². The van der Waals surface area contributed by atoms with Crippen LogP contribution in [0, 0.1) is 0 Å². The number of halogens is 2. The molecule has 2 aromatic rings. The van der Waals surface area contributed by atoms with Crippen molar-refractivity contribution in [2.75, 3.05) is 62.3 Å². The lowest BCUT2D eigenvalue weighted by Gasteiger charge is -2.36. The van der Waals surface area contributed by atoms with Gasteiger partial charge in [-0.05, 0) is 12.1 Å². The molecule has 0 N–H and O–H groups in total. The Labute approximate surface area is 184 Å². The van der Waals surface area contributed by atoms with Gasteiger partial charge in [-0.3, -0.25) is 4.79 Å². The van der Waals surface area contributed by atoms with Crippen LogP contribution in [0.5, 0.6) is 0 Å². The highest BCUT2D eigenvalue weighted by atomic mass is 32.2. The van der Waals surface area contributed by atoms with Crippen molar-refractivity contribution >= 4 is 27.2 Å². The second-order valence-corrected chi connectivity index (χ2v) is 9.34. The van der Waals surface area contributed by atoms with Gasteiger partial charge in [-0.2, -0.15) is 13.9 Å². The highest BCUT2D eigenvalue weighted by molar-refractivity contribution is 7.91. The molecular formula is C20H23F2N5O4S. The number of carbonyl (C=O) groups is 1. The maximum absolute atomic E-state index is 13.0. The van der Waals surface area contributed by atoms with E-state index in [1.54, 1.807) is 6.20 Å². The number of morpholine rings is 1. The van der Waals surface area contributed by atoms with Gasteiger partial charge in [-0.15, -0.1) is 5.10 Å². The number of ether oxygens (including phenoxy) is 1. The van der Waals surface area contributed by atoms with Gasteiger partial charge in [0.2, 0.25) is 9.84 Å². The van der Waals surface area contributed by atoms with Gasteiger partial charge in [0.25, 0.3) is 5.91 Å². The number of anilines is 2.